The summed E-state index contributed by atoms with van der Waals surface area (Å²) in [7, 11) is 1.29. The lowest BCUT2D eigenvalue weighted by Gasteiger charge is -2.28. The fourth-order valence-corrected chi connectivity index (χ4v) is 2.05. The number of fused-ring (bicyclic) bond motifs is 1. The van der Waals surface area contributed by atoms with Crippen LogP contribution in [0.25, 0.3) is 17.2 Å². The van der Waals surface area contributed by atoms with Gasteiger partial charge in [0.2, 0.25) is 11.8 Å². The van der Waals surface area contributed by atoms with E-state index in [1.807, 2.05) is 39.0 Å². The lowest BCUT2D eigenvalue weighted by Crippen LogP contribution is -2.49. The Morgan fingerprint density at radius 3 is 2.61 bits per heavy atom. The van der Waals surface area contributed by atoms with Crippen LogP contribution in [-0.4, -0.2) is 30.0 Å². The number of methoxy groups -OCH3 is 1. The number of benzene rings is 1. The number of nitrogens with zero attached hydrogens (tertiary/aromatic N) is 1. The van der Waals surface area contributed by atoms with E-state index in [1.165, 1.54) is 19.3 Å². The maximum Gasteiger partial charge on any atom is 0.328 e. The highest BCUT2D eigenvalue weighted by Gasteiger charge is 2.33. The van der Waals surface area contributed by atoms with Crippen molar-refractivity contribution in [3.05, 3.63) is 36.2 Å². The van der Waals surface area contributed by atoms with Crippen molar-refractivity contribution < 1.29 is 18.7 Å². The molecule has 0 aliphatic rings. The number of amides is 1. The minimum atomic E-state index is -0.742. The second-order valence-corrected chi connectivity index (χ2v) is 6.18. The van der Waals surface area contributed by atoms with Gasteiger partial charge in [-0.3, -0.25) is 4.79 Å². The van der Waals surface area contributed by atoms with Crippen LogP contribution in [0.2, 0.25) is 0 Å². The smallest absolute Gasteiger partial charge is 0.328 e. The minimum Gasteiger partial charge on any atom is -0.467 e. The molecule has 2 aromatic rings. The maximum absolute atomic E-state index is 12.0. The van der Waals surface area contributed by atoms with Crippen molar-refractivity contribution in [2.45, 2.75) is 26.8 Å². The highest BCUT2D eigenvalue weighted by molar-refractivity contribution is 5.94. The third-order valence-corrected chi connectivity index (χ3v) is 3.28. The van der Waals surface area contributed by atoms with Gasteiger partial charge in [0.25, 0.3) is 0 Å². The van der Waals surface area contributed by atoms with Crippen molar-refractivity contribution in [3.63, 3.8) is 0 Å². The lowest BCUT2D eigenvalue weighted by molar-refractivity contribution is -0.147. The normalized spacial score (nSPS) is 13.2. The van der Waals surface area contributed by atoms with Gasteiger partial charge < -0.3 is 14.5 Å². The summed E-state index contributed by atoms with van der Waals surface area (Å²) < 4.78 is 10.2. The summed E-state index contributed by atoms with van der Waals surface area (Å²) in [5, 5.41) is 2.64. The molecule has 0 radical (unpaired) electrons. The van der Waals surface area contributed by atoms with Crippen LogP contribution in [0.5, 0.6) is 0 Å². The van der Waals surface area contributed by atoms with Gasteiger partial charge in [-0.25, -0.2) is 9.78 Å². The van der Waals surface area contributed by atoms with Crippen LogP contribution in [0.4, 0.5) is 0 Å². The number of hydrogen-bond acceptors (Lipinski definition) is 5. The van der Waals surface area contributed by atoms with Crippen LogP contribution in [-0.2, 0) is 14.3 Å². The molecule has 2 rings (SSSR count). The lowest BCUT2D eigenvalue weighted by atomic mass is 9.86. The first-order valence-corrected chi connectivity index (χ1v) is 7.23. The van der Waals surface area contributed by atoms with Gasteiger partial charge in [0, 0.05) is 12.2 Å². The fraction of sp³-hybridized carbons (Fsp3) is 0.353. The van der Waals surface area contributed by atoms with Crippen molar-refractivity contribution in [3.8, 4) is 0 Å². The Morgan fingerprint density at radius 1 is 1.30 bits per heavy atom. The van der Waals surface area contributed by atoms with Crippen molar-refractivity contribution in [2.24, 2.45) is 5.41 Å². The van der Waals surface area contributed by atoms with E-state index in [9.17, 15) is 9.59 Å². The van der Waals surface area contributed by atoms with E-state index >= 15 is 0 Å². The van der Waals surface area contributed by atoms with Crippen molar-refractivity contribution in [1.29, 1.82) is 0 Å². The summed E-state index contributed by atoms with van der Waals surface area (Å²) in [5.74, 6) is -0.578. The second-order valence-electron chi connectivity index (χ2n) is 6.18. The standard InChI is InChI=1S/C17H20N2O4/c1-17(2,3)15(16(21)22-4)19-13(20)9-10-14-18-11-7-5-6-8-12(11)23-14/h5-10,15H,1-4H3,(H,19,20). The summed E-state index contributed by atoms with van der Waals surface area (Å²) in [5.41, 5.74) is 0.901. The van der Waals surface area contributed by atoms with E-state index in [1.54, 1.807) is 6.07 Å². The number of nitrogens with one attached hydrogen (secondary N) is 1. The molecule has 1 aromatic heterocycles. The van der Waals surface area contributed by atoms with E-state index in [0.29, 0.717) is 11.5 Å². The van der Waals surface area contributed by atoms with Crippen LogP contribution in [0.3, 0.4) is 0 Å². The molecule has 0 fully saturated rings. The molecule has 122 valence electrons. The first kappa shape index (κ1) is 16.7. The molecule has 0 saturated carbocycles. The average Bonchev–Trinajstić information content (AvgIpc) is 2.91. The van der Waals surface area contributed by atoms with Crippen LogP contribution < -0.4 is 5.32 Å². The number of hydrogen-bond donors (Lipinski definition) is 1. The Hall–Kier alpha value is -2.63. The zero-order chi connectivity index (χ0) is 17.0. The van der Waals surface area contributed by atoms with E-state index < -0.39 is 23.3 Å². The topological polar surface area (TPSA) is 81.4 Å². The maximum atomic E-state index is 12.0. The quantitative estimate of drug-likeness (QED) is 0.692. The first-order valence-electron chi connectivity index (χ1n) is 7.23. The van der Waals surface area contributed by atoms with Crippen molar-refractivity contribution in [2.75, 3.05) is 7.11 Å². The molecule has 1 aromatic carbocycles. The number of oxazole rings is 1. The third-order valence-electron chi connectivity index (χ3n) is 3.28. The average molecular weight is 316 g/mol. The van der Waals surface area contributed by atoms with Gasteiger partial charge in [0.05, 0.1) is 7.11 Å². The minimum absolute atomic E-state index is 0.326. The molecular weight excluding hydrogens is 296 g/mol. The summed E-state index contributed by atoms with van der Waals surface area (Å²) in [6.45, 7) is 5.54. The molecule has 1 N–H and O–H groups in total. The number of rotatable bonds is 4. The third kappa shape index (κ3) is 4.18. The number of esters is 1. The first-order chi connectivity index (χ1) is 10.8. The zero-order valence-electron chi connectivity index (χ0n) is 13.6. The van der Waals surface area contributed by atoms with Crippen LogP contribution in [0.15, 0.2) is 34.8 Å². The van der Waals surface area contributed by atoms with E-state index in [-0.39, 0.29) is 0 Å². The summed E-state index contributed by atoms with van der Waals surface area (Å²) in [6, 6.07) is 6.58. The number of carbonyl (C=O) groups excluding carboxylic acids is 2. The monoisotopic (exact) mass is 316 g/mol. The number of para-hydroxylation sites is 2. The van der Waals surface area contributed by atoms with Gasteiger partial charge in [0.1, 0.15) is 11.6 Å². The Kier molecular flexibility index (Phi) is 4.83. The highest BCUT2D eigenvalue weighted by atomic mass is 16.5. The van der Waals surface area contributed by atoms with Crippen molar-refractivity contribution in [1.82, 2.24) is 10.3 Å². The van der Waals surface area contributed by atoms with Crippen LogP contribution in [0.1, 0.15) is 26.7 Å². The van der Waals surface area contributed by atoms with E-state index in [4.69, 9.17) is 9.15 Å². The molecule has 23 heavy (non-hydrogen) atoms. The molecule has 1 amide bonds. The zero-order valence-corrected chi connectivity index (χ0v) is 13.6. The molecule has 0 saturated heterocycles. The van der Waals surface area contributed by atoms with Gasteiger partial charge in [-0.15, -0.1) is 0 Å². The summed E-state index contributed by atoms with van der Waals surface area (Å²) >= 11 is 0. The summed E-state index contributed by atoms with van der Waals surface area (Å²) in [4.78, 5) is 28.1. The Morgan fingerprint density at radius 2 is 2.00 bits per heavy atom. The largest absolute Gasteiger partial charge is 0.467 e. The predicted molar refractivity (Wildman–Crippen MR) is 86.4 cm³/mol. The molecule has 0 bridgehead atoms. The Bertz CT molecular complexity index is 707. The Balaban J connectivity index is 2.09. The SMILES string of the molecule is COC(=O)C(NC(=O)C=Cc1nc2ccccc2o1)C(C)(C)C. The fourth-order valence-electron chi connectivity index (χ4n) is 2.05. The molecular formula is C17H20N2O4. The molecule has 1 unspecified atom stereocenters. The van der Waals surface area contributed by atoms with Gasteiger partial charge in [-0.1, -0.05) is 32.9 Å². The molecule has 6 nitrogen and oxygen atoms in total. The van der Waals surface area contributed by atoms with Crippen LogP contribution in [0, 0.1) is 5.41 Å². The number of carbonyl (C=O) groups is 2. The highest BCUT2D eigenvalue weighted by Crippen LogP contribution is 2.20. The molecule has 6 heteroatoms. The molecule has 0 aliphatic carbocycles. The number of aromatic nitrogens is 1. The molecule has 0 aliphatic heterocycles. The predicted octanol–water partition coefficient (Wildman–Crippen LogP) is 2.54. The van der Waals surface area contributed by atoms with E-state index in [2.05, 4.69) is 10.3 Å². The number of ether oxygens (including phenoxy) is 1. The van der Waals surface area contributed by atoms with Crippen LogP contribution >= 0.6 is 0 Å². The molecule has 0 spiro atoms. The van der Waals surface area contributed by atoms with Crippen molar-refractivity contribution >= 4 is 29.1 Å². The second kappa shape index (κ2) is 6.64. The molecule has 1 heterocycles. The van der Waals surface area contributed by atoms with Gasteiger partial charge in [-0.05, 0) is 17.5 Å². The molecule has 1 atom stereocenters. The Labute approximate surface area is 134 Å². The van der Waals surface area contributed by atoms with Gasteiger partial charge in [0.15, 0.2) is 5.58 Å². The summed E-state index contributed by atoms with van der Waals surface area (Å²) in [6.07, 6.45) is 2.75. The van der Waals surface area contributed by atoms with Gasteiger partial charge >= 0.3 is 5.97 Å². The van der Waals surface area contributed by atoms with E-state index in [0.717, 1.165) is 5.52 Å². The van der Waals surface area contributed by atoms with Gasteiger partial charge in [-0.2, -0.15) is 0 Å².